The lowest BCUT2D eigenvalue weighted by Crippen LogP contribution is -2.41. The van der Waals surface area contributed by atoms with Crippen molar-refractivity contribution in [2.24, 2.45) is 0 Å². The minimum Gasteiger partial charge on any atom is -0.464 e. The van der Waals surface area contributed by atoms with E-state index < -0.39 is 11.5 Å². The summed E-state index contributed by atoms with van der Waals surface area (Å²) < 4.78 is 6.18. The maximum absolute atomic E-state index is 12.6. The van der Waals surface area contributed by atoms with Crippen LogP contribution in [0.25, 0.3) is 5.69 Å². The van der Waals surface area contributed by atoms with Gasteiger partial charge in [-0.05, 0) is 32.9 Å². The summed E-state index contributed by atoms with van der Waals surface area (Å²) in [6, 6.07) is 8.70. The number of carbonyl (C=O) groups is 2. The van der Waals surface area contributed by atoms with E-state index in [0.717, 1.165) is 0 Å². The molecular weight excluding hydrogens is 320 g/mol. The predicted molar refractivity (Wildman–Crippen MR) is 93.5 cm³/mol. The number of nitrogens with zero attached hydrogens (tertiary/aromatic N) is 2. The highest BCUT2D eigenvalue weighted by atomic mass is 16.5. The molecule has 0 aliphatic carbocycles. The van der Waals surface area contributed by atoms with Crippen LogP contribution < -0.4 is 11.1 Å². The molecule has 0 spiro atoms. The third-order valence-corrected chi connectivity index (χ3v) is 3.44. The number of ether oxygens (including phenoxy) is 1. The smallest absolute Gasteiger partial charge is 0.357 e. The summed E-state index contributed by atoms with van der Waals surface area (Å²) in [6.07, 6.45) is 1.42. The van der Waals surface area contributed by atoms with Crippen LogP contribution in [0.2, 0.25) is 0 Å². The summed E-state index contributed by atoms with van der Waals surface area (Å²) in [4.78, 5) is 24.8. The number of para-hydroxylation sites is 1. The van der Waals surface area contributed by atoms with Gasteiger partial charge < -0.3 is 20.4 Å². The third kappa shape index (κ3) is 3.63. The van der Waals surface area contributed by atoms with Crippen LogP contribution in [-0.2, 0) is 4.74 Å². The highest BCUT2D eigenvalue weighted by Crippen LogP contribution is 2.26. The van der Waals surface area contributed by atoms with Crippen molar-refractivity contribution >= 4 is 17.6 Å². The van der Waals surface area contributed by atoms with Gasteiger partial charge >= 0.3 is 5.97 Å². The molecule has 7 nitrogen and oxygen atoms in total. The zero-order valence-corrected chi connectivity index (χ0v) is 14.6. The SMILES string of the molecule is COC(=O)c1c(N)c(C#N)cn1-c1ccccc1C(=O)NC(C)(C)C. The van der Waals surface area contributed by atoms with Crippen molar-refractivity contribution in [2.75, 3.05) is 12.8 Å². The second kappa shape index (κ2) is 6.69. The molecule has 130 valence electrons. The summed E-state index contributed by atoms with van der Waals surface area (Å²) in [5, 5.41) is 12.1. The largest absolute Gasteiger partial charge is 0.464 e. The van der Waals surface area contributed by atoms with Crippen molar-refractivity contribution < 1.29 is 14.3 Å². The van der Waals surface area contributed by atoms with Crippen LogP contribution in [0.4, 0.5) is 5.69 Å². The molecule has 1 aromatic heterocycles. The number of aromatic nitrogens is 1. The molecule has 1 amide bonds. The van der Waals surface area contributed by atoms with Crippen LogP contribution in [0, 0.1) is 11.3 Å². The molecule has 1 aromatic carbocycles. The van der Waals surface area contributed by atoms with Crippen molar-refractivity contribution in [1.29, 1.82) is 5.26 Å². The number of nitrogens with two attached hydrogens (primary N) is 1. The second-order valence-electron chi connectivity index (χ2n) is 6.50. The van der Waals surface area contributed by atoms with Crippen LogP contribution in [0.15, 0.2) is 30.5 Å². The van der Waals surface area contributed by atoms with Gasteiger partial charge in [-0.2, -0.15) is 5.26 Å². The number of carbonyl (C=O) groups excluding carboxylic acids is 2. The molecule has 2 rings (SSSR count). The fourth-order valence-electron chi connectivity index (χ4n) is 2.39. The maximum atomic E-state index is 12.6. The second-order valence-corrected chi connectivity index (χ2v) is 6.50. The quantitative estimate of drug-likeness (QED) is 0.833. The van der Waals surface area contributed by atoms with Crippen LogP contribution in [0.5, 0.6) is 0 Å². The van der Waals surface area contributed by atoms with Gasteiger partial charge in [-0.15, -0.1) is 0 Å². The van der Waals surface area contributed by atoms with E-state index in [0.29, 0.717) is 11.3 Å². The molecule has 0 aliphatic rings. The Hall–Kier alpha value is -3.27. The average molecular weight is 340 g/mol. The summed E-state index contributed by atoms with van der Waals surface area (Å²) in [5.74, 6) is -0.991. The van der Waals surface area contributed by atoms with Crippen molar-refractivity contribution in [1.82, 2.24) is 9.88 Å². The molecule has 0 atom stereocenters. The first-order valence-corrected chi connectivity index (χ1v) is 7.60. The van der Waals surface area contributed by atoms with E-state index in [4.69, 9.17) is 10.5 Å². The molecule has 1 heterocycles. The monoisotopic (exact) mass is 340 g/mol. The van der Waals surface area contributed by atoms with Gasteiger partial charge in [0.25, 0.3) is 5.91 Å². The average Bonchev–Trinajstić information content (AvgIpc) is 2.89. The van der Waals surface area contributed by atoms with Gasteiger partial charge in [0.05, 0.1) is 29.6 Å². The first-order valence-electron chi connectivity index (χ1n) is 7.60. The Balaban J connectivity index is 2.67. The van der Waals surface area contributed by atoms with Gasteiger partial charge in [0.2, 0.25) is 0 Å². The normalized spacial score (nSPS) is 10.8. The summed E-state index contributed by atoms with van der Waals surface area (Å²) in [6.45, 7) is 5.61. The molecule has 0 radical (unpaired) electrons. The Morgan fingerprint density at radius 2 is 1.92 bits per heavy atom. The lowest BCUT2D eigenvalue weighted by atomic mass is 10.1. The van der Waals surface area contributed by atoms with Gasteiger partial charge in [-0.1, -0.05) is 12.1 Å². The van der Waals surface area contributed by atoms with Crippen LogP contribution in [-0.4, -0.2) is 29.1 Å². The van der Waals surface area contributed by atoms with E-state index in [9.17, 15) is 14.9 Å². The minimum atomic E-state index is -0.690. The van der Waals surface area contributed by atoms with Crippen LogP contribution >= 0.6 is 0 Å². The zero-order chi connectivity index (χ0) is 18.8. The summed E-state index contributed by atoms with van der Waals surface area (Å²) in [5.41, 5.74) is 6.42. The number of hydrogen-bond donors (Lipinski definition) is 2. The summed E-state index contributed by atoms with van der Waals surface area (Å²) in [7, 11) is 1.23. The Kier molecular flexibility index (Phi) is 4.84. The van der Waals surface area contributed by atoms with E-state index >= 15 is 0 Å². The van der Waals surface area contributed by atoms with Crippen molar-refractivity contribution in [3.8, 4) is 11.8 Å². The van der Waals surface area contributed by atoms with E-state index in [1.54, 1.807) is 24.3 Å². The van der Waals surface area contributed by atoms with Crippen molar-refractivity contribution in [2.45, 2.75) is 26.3 Å². The molecule has 3 N–H and O–H groups in total. The Morgan fingerprint density at radius 3 is 2.48 bits per heavy atom. The first kappa shape index (κ1) is 18.1. The maximum Gasteiger partial charge on any atom is 0.357 e. The Bertz CT molecular complexity index is 869. The Morgan fingerprint density at radius 1 is 1.28 bits per heavy atom. The molecule has 0 saturated carbocycles. The van der Waals surface area contributed by atoms with Crippen LogP contribution in [0.3, 0.4) is 0 Å². The number of nitrogens with one attached hydrogen (secondary N) is 1. The number of esters is 1. The number of nitrogen functional groups attached to an aromatic ring is 1. The molecule has 0 saturated heterocycles. The van der Waals surface area contributed by atoms with Gasteiger partial charge in [0, 0.05) is 11.7 Å². The number of amides is 1. The minimum absolute atomic E-state index is 0.00931. The molecular formula is C18H20N4O3. The number of methoxy groups -OCH3 is 1. The van der Waals surface area contributed by atoms with Gasteiger partial charge in [-0.25, -0.2) is 4.79 Å². The van der Waals surface area contributed by atoms with Crippen LogP contribution in [0.1, 0.15) is 47.2 Å². The number of hydrogen-bond acceptors (Lipinski definition) is 5. The predicted octanol–water partition coefficient (Wildman–Crippen LogP) is 2.25. The molecule has 7 heteroatoms. The fraction of sp³-hybridized carbons (Fsp3) is 0.278. The van der Waals surface area contributed by atoms with E-state index in [-0.39, 0.29) is 22.9 Å². The number of nitriles is 1. The molecule has 0 unspecified atom stereocenters. The first-order chi connectivity index (χ1) is 11.7. The highest BCUT2D eigenvalue weighted by Gasteiger charge is 2.25. The fourth-order valence-corrected chi connectivity index (χ4v) is 2.39. The van der Waals surface area contributed by atoms with Gasteiger partial charge in [-0.3, -0.25) is 4.79 Å². The van der Waals surface area contributed by atoms with E-state index in [1.807, 2.05) is 26.8 Å². The molecule has 25 heavy (non-hydrogen) atoms. The molecule has 0 bridgehead atoms. The van der Waals surface area contributed by atoms with Crippen molar-refractivity contribution in [3.05, 3.63) is 47.3 Å². The highest BCUT2D eigenvalue weighted by molar-refractivity contribution is 6.00. The lowest BCUT2D eigenvalue weighted by Gasteiger charge is -2.22. The van der Waals surface area contributed by atoms with E-state index in [2.05, 4.69) is 5.32 Å². The Labute approximate surface area is 146 Å². The number of anilines is 1. The number of benzene rings is 1. The number of rotatable bonds is 3. The lowest BCUT2D eigenvalue weighted by molar-refractivity contribution is 0.0592. The van der Waals surface area contributed by atoms with Gasteiger partial charge in [0.15, 0.2) is 5.69 Å². The molecule has 0 fully saturated rings. The zero-order valence-electron chi connectivity index (χ0n) is 14.6. The molecule has 2 aromatic rings. The third-order valence-electron chi connectivity index (χ3n) is 3.44. The van der Waals surface area contributed by atoms with Gasteiger partial charge in [0.1, 0.15) is 6.07 Å². The van der Waals surface area contributed by atoms with E-state index in [1.165, 1.54) is 17.9 Å². The van der Waals surface area contributed by atoms with Crippen molar-refractivity contribution in [3.63, 3.8) is 0 Å². The topological polar surface area (TPSA) is 110 Å². The standard InChI is InChI=1S/C18H20N4O3/c1-18(2,3)21-16(23)12-7-5-6-8-13(12)22-10-11(9-19)14(20)15(22)17(24)25-4/h5-8,10H,20H2,1-4H3,(H,21,23). The molecule has 0 aliphatic heterocycles. The summed E-state index contributed by atoms with van der Waals surface area (Å²) >= 11 is 0.